The molecular weight excluding hydrogens is 416 g/mol. The molecule has 2 saturated heterocycles. The molecule has 2 aliphatic rings. The molecule has 1 amide bonds. The number of nitrogens with zero attached hydrogens (tertiary/aromatic N) is 2. The van der Waals surface area contributed by atoms with E-state index in [-0.39, 0.29) is 6.10 Å². The predicted molar refractivity (Wildman–Crippen MR) is 124 cm³/mol. The van der Waals surface area contributed by atoms with Crippen LogP contribution >= 0.6 is 0 Å². The van der Waals surface area contributed by atoms with Gasteiger partial charge in [0.25, 0.3) is 0 Å². The van der Waals surface area contributed by atoms with Crippen LogP contribution in [0.4, 0.5) is 11.4 Å². The van der Waals surface area contributed by atoms with Crippen molar-refractivity contribution in [3.8, 4) is 0 Å². The lowest BCUT2D eigenvalue weighted by molar-refractivity contribution is -0.119. The molecule has 8 nitrogen and oxygen atoms in total. The van der Waals surface area contributed by atoms with Crippen molar-refractivity contribution in [1.29, 1.82) is 0 Å². The molecule has 0 saturated carbocycles. The maximum atomic E-state index is 12.4. The zero-order valence-electron chi connectivity index (χ0n) is 18.7. The molecule has 1 unspecified atom stereocenters. The van der Waals surface area contributed by atoms with Gasteiger partial charge in [-0.1, -0.05) is 13.8 Å². The Morgan fingerprint density at radius 1 is 1.13 bits per heavy atom. The summed E-state index contributed by atoms with van der Waals surface area (Å²) in [6, 6.07) is 7.34. The molecule has 3 rings (SSSR count). The van der Waals surface area contributed by atoms with Crippen molar-refractivity contribution in [1.82, 2.24) is 10.2 Å². The van der Waals surface area contributed by atoms with E-state index in [1.165, 1.54) is 19.3 Å². The molecule has 1 aromatic carbocycles. The average Bonchev–Trinajstić information content (AvgIpc) is 2.73. The molecule has 1 atom stereocenters. The molecule has 9 heteroatoms. The molecule has 0 aromatic heterocycles. The van der Waals surface area contributed by atoms with Crippen LogP contribution in [0.2, 0.25) is 0 Å². The first-order chi connectivity index (χ1) is 14.8. The van der Waals surface area contributed by atoms with Crippen LogP contribution in [-0.2, 0) is 19.6 Å². The van der Waals surface area contributed by atoms with Gasteiger partial charge in [0.2, 0.25) is 15.9 Å². The van der Waals surface area contributed by atoms with E-state index in [4.69, 9.17) is 4.74 Å². The Morgan fingerprint density at radius 3 is 2.52 bits per heavy atom. The average molecular weight is 453 g/mol. The minimum Gasteiger partial charge on any atom is -0.374 e. The largest absolute Gasteiger partial charge is 0.374 e. The highest BCUT2D eigenvalue weighted by molar-refractivity contribution is 7.93. The lowest BCUT2D eigenvalue weighted by atomic mass is 10.1. The number of nitrogens with one attached hydrogen (secondary N) is 2. The minimum atomic E-state index is -3.78. The third kappa shape index (κ3) is 7.97. The third-order valence-electron chi connectivity index (χ3n) is 5.56. The van der Waals surface area contributed by atoms with Crippen molar-refractivity contribution >= 4 is 27.3 Å². The Bertz CT molecular complexity index is 807. The molecule has 0 aliphatic carbocycles. The van der Waals surface area contributed by atoms with Crippen molar-refractivity contribution in [2.45, 2.75) is 39.2 Å². The van der Waals surface area contributed by atoms with Gasteiger partial charge in [-0.25, -0.2) is 8.42 Å². The van der Waals surface area contributed by atoms with Crippen LogP contribution in [0.1, 0.15) is 33.1 Å². The minimum absolute atomic E-state index is 0.116. The van der Waals surface area contributed by atoms with Gasteiger partial charge < -0.3 is 15.0 Å². The van der Waals surface area contributed by atoms with Crippen LogP contribution in [0.15, 0.2) is 24.3 Å². The maximum absolute atomic E-state index is 12.4. The molecule has 174 valence electrons. The van der Waals surface area contributed by atoms with Crippen LogP contribution in [-0.4, -0.2) is 77.0 Å². The second-order valence-electron chi connectivity index (χ2n) is 8.91. The molecule has 2 aliphatic heterocycles. The van der Waals surface area contributed by atoms with Crippen LogP contribution in [0, 0.1) is 5.92 Å². The number of hydrogen-bond donors (Lipinski definition) is 2. The molecule has 2 fully saturated rings. The first-order valence-electron chi connectivity index (χ1n) is 11.3. The summed E-state index contributed by atoms with van der Waals surface area (Å²) >= 11 is 0. The summed E-state index contributed by atoms with van der Waals surface area (Å²) in [5, 5.41) is 2.70. The van der Waals surface area contributed by atoms with E-state index < -0.39 is 21.7 Å². The van der Waals surface area contributed by atoms with Crippen LogP contribution in [0.3, 0.4) is 0 Å². The summed E-state index contributed by atoms with van der Waals surface area (Å²) in [6.07, 6.45) is 3.52. The van der Waals surface area contributed by atoms with Crippen molar-refractivity contribution in [3.63, 3.8) is 0 Å². The van der Waals surface area contributed by atoms with E-state index in [0.29, 0.717) is 24.8 Å². The van der Waals surface area contributed by atoms with Crippen LogP contribution in [0.5, 0.6) is 0 Å². The number of carbonyl (C=O) groups is 1. The van der Waals surface area contributed by atoms with Crippen LogP contribution in [0.25, 0.3) is 0 Å². The molecule has 1 aromatic rings. The van der Waals surface area contributed by atoms with Gasteiger partial charge in [0.05, 0.1) is 12.7 Å². The van der Waals surface area contributed by atoms with Gasteiger partial charge >= 0.3 is 0 Å². The topological polar surface area (TPSA) is 91.0 Å². The van der Waals surface area contributed by atoms with Gasteiger partial charge in [0.15, 0.2) is 0 Å². The molecular formula is C22H36N4O4S. The second kappa shape index (κ2) is 11.2. The highest BCUT2D eigenvalue weighted by Gasteiger charge is 2.23. The second-order valence-corrected chi connectivity index (χ2v) is 10.6. The van der Waals surface area contributed by atoms with E-state index in [9.17, 15) is 13.2 Å². The van der Waals surface area contributed by atoms with Gasteiger partial charge in [0.1, 0.15) is 5.75 Å². The first-order valence-corrected chi connectivity index (χ1v) is 12.9. The monoisotopic (exact) mass is 452 g/mol. The fourth-order valence-corrected chi connectivity index (χ4v) is 5.16. The number of amides is 1. The number of rotatable bonds is 9. The smallest absolute Gasteiger partial charge is 0.241 e. The van der Waals surface area contributed by atoms with Crippen molar-refractivity contribution in [3.05, 3.63) is 24.3 Å². The highest BCUT2D eigenvalue weighted by atomic mass is 32.2. The number of anilines is 2. The Morgan fingerprint density at radius 2 is 1.84 bits per heavy atom. The Balaban J connectivity index is 1.44. The van der Waals surface area contributed by atoms with Crippen LogP contribution < -0.4 is 14.9 Å². The molecule has 0 radical (unpaired) electrons. The maximum Gasteiger partial charge on any atom is 0.241 e. The SMILES string of the molecule is CC(C)CN1CCOC(CNC(=O)CS(=O)(=O)Nc2ccc(N3CCCCC3)cc2)C1. The quantitative estimate of drug-likeness (QED) is 0.595. The lowest BCUT2D eigenvalue weighted by Crippen LogP contribution is -2.49. The number of morpholine rings is 1. The number of piperidine rings is 1. The number of ether oxygens (including phenoxy) is 1. The van der Waals surface area contributed by atoms with E-state index in [2.05, 4.69) is 33.7 Å². The van der Waals surface area contributed by atoms with Gasteiger partial charge in [-0.2, -0.15) is 0 Å². The van der Waals surface area contributed by atoms with Gasteiger partial charge in [-0.3, -0.25) is 14.4 Å². The molecule has 0 spiro atoms. The van der Waals surface area contributed by atoms with Crippen molar-refractivity contribution in [2.75, 3.05) is 61.3 Å². The molecule has 2 N–H and O–H groups in total. The van der Waals surface area contributed by atoms with E-state index in [1.807, 2.05) is 12.1 Å². The zero-order chi connectivity index (χ0) is 22.3. The molecule has 0 bridgehead atoms. The standard InChI is InChI=1S/C22H36N4O4S/c1-18(2)15-25-12-13-30-21(16-25)14-23-22(27)17-31(28,29)24-19-6-8-20(9-7-19)26-10-4-3-5-11-26/h6-9,18,21,24H,3-5,10-17H2,1-2H3,(H,23,27). The van der Waals surface area contributed by atoms with E-state index in [0.717, 1.165) is 38.4 Å². The first kappa shape index (κ1) is 23.8. The fraction of sp³-hybridized carbons (Fsp3) is 0.682. The number of benzene rings is 1. The van der Waals surface area contributed by atoms with E-state index in [1.54, 1.807) is 12.1 Å². The Hall–Kier alpha value is -1.84. The number of hydrogen-bond acceptors (Lipinski definition) is 6. The van der Waals surface area contributed by atoms with Crippen molar-refractivity contribution in [2.24, 2.45) is 5.92 Å². The summed E-state index contributed by atoms with van der Waals surface area (Å²) in [5.74, 6) is -0.566. The van der Waals surface area contributed by atoms with Crippen molar-refractivity contribution < 1.29 is 17.9 Å². The Kier molecular flexibility index (Phi) is 8.57. The summed E-state index contributed by atoms with van der Waals surface area (Å²) in [5.41, 5.74) is 1.56. The number of sulfonamides is 1. The summed E-state index contributed by atoms with van der Waals surface area (Å²) < 4.78 is 33.0. The summed E-state index contributed by atoms with van der Waals surface area (Å²) in [4.78, 5) is 16.8. The molecule has 2 heterocycles. The highest BCUT2D eigenvalue weighted by Crippen LogP contribution is 2.22. The third-order valence-corrected chi connectivity index (χ3v) is 6.75. The van der Waals surface area contributed by atoms with Gasteiger partial charge in [-0.05, 0) is 49.4 Å². The Labute approximate surface area is 186 Å². The van der Waals surface area contributed by atoms with Gasteiger partial charge in [-0.15, -0.1) is 0 Å². The molecule has 31 heavy (non-hydrogen) atoms. The summed E-state index contributed by atoms with van der Waals surface area (Å²) in [6.45, 7) is 9.97. The zero-order valence-corrected chi connectivity index (χ0v) is 19.5. The summed E-state index contributed by atoms with van der Waals surface area (Å²) in [7, 11) is -3.78. The fourth-order valence-electron chi connectivity index (χ4n) is 4.15. The van der Waals surface area contributed by atoms with Gasteiger partial charge in [0, 0.05) is 50.6 Å². The normalized spacial score (nSPS) is 20.6. The predicted octanol–water partition coefficient (Wildman–Crippen LogP) is 1.89. The lowest BCUT2D eigenvalue weighted by Gasteiger charge is -2.33. The van der Waals surface area contributed by atoms with E-state index >= 15 is 0 Å². The number of carbonyl (C=O) groups excluding carboxylic acids is 1.